The molecule has 1 aliphatic carbocycles. The van der Waals surface area contributed by atoms with Crippen molar-refractivity contribution < 1.29 is 9.53 Å². The number of rotatable bonds is 2. The zero-order chi connectivity index (χ0) is 9.14. The van der Waals surface area contributed by atoms with Crippen LogP contribution >= 0.6 is 0 Å². The van der Waals surface area contributed by atoms with Crippen LogP contribution in [-0.4, -0.2) is 12.1 Å². The van der Waals surface area contributed by atoms with Crippen molar-refractivity contribution >= 4 is 5.97 Å². The van der Waals surface area contributed by atoms with Gasteiger partial charge in [0.25, 0.3) is 0 Å². The molecule has 1 unspecified atom stereocenters. The van der Waals surface area contributed by atoms with Crippen LogP contribution in [0.25, 0.3) is 0 Å². The average molecular weight is 166 g/mol. The average Bonchev–Trinajstić information content (AvgIpc) is 2.34. The van der Waals surface area contributed by atoms with E-state index in [4.69, 9.17) is 4.74 Å². The van der Waals surface area contributed by atoms with Gasteiger partial charge in [-0.05, 0) is 31.4 Å². The lowest BCUT2D eigenvalue weighted by molar-refractivity contribution is -0.144. The molecule has 1 atom stereocenters. The van der Waals surface area contributed by atoms with Gasteiger partial charge in [-0.15, -0.1) is 0 Å². The fraction of sp³-hybridized carbons (Fsp3) is 0.500. The first kappa shape index (κ1) is 9.04. The molecule has 0 heterocycles. The maximum absolute atomic E-state index is 10.6. The Bertz CT molecular complexity index is 238. The lowest BCUT2D eigenvalue weighted by Gasteiger charge is -2.05. The van der Waals surface area contributed by atoms with E-state index in [1.165, 1.54) is 12.5 Å². The van der Waals surface area contributed by atoms with E-state index in [0.29, 0.717) is 0 Å². The summed E-state index contributed by atoms with van der Waals surface area (Å²) < 4.78 is 5.04. The van der Waals surface area contributed by atoms with Gasteiger partial charge in [0.05, 0.1) is 0 Å². The molecular formula is C10H14O2. The minimum absolute atomic E-state index is 0.0193. The van der Waals surface area contributed by atoms with Crippen LogP contribution in [0.4, 0.5) is 0 Å². The number of carbonyl (C=O) groups is 1. The van der Waals surface area contributed by atoms with E-state index in [0.717, 1.165) is 18.4 Å². The Kier molecular flexibility index (Phi) is 2.69. The first-order valence-electron chi connectivity index (χ1n) is 4.13. The third kappa shape index (κ3) is 2.22. The minimum Gasteiger partial charge on any atom is -0.458 e. The SMILES string of the molecule is C=C(C)C1=CC(OC(C)=O)CC1. The molecular weight excluding hydrogens is 152 g/mol. The van der Waals surface area contributed by atoms with Crippen LogP contribution in [0.3, 0.4) is 0 Å². The summed E-state index contributed by atoms with van der Waals surface area (Å²) in [4.78, 5) is 10.6. The van der Waals surface area contributed by atoms with Crippen LogP contribution in [0.15, 0.2) is 23.8 Å². The second kappa shape index (κ2) is 3.57. The number of ether oxygens (including phenoxy) is 1. The summed E-state index contributed by atoms with van der Waals surface area (Å²) in [6.45, 7) is 7.25. The molecule has 0 amide bonds. The normalized spacial score (nSPS) is 21.8. The number of allylic oxidation sites excluding steroid dienone is 2. The van der Waals surface area contributed by atoms with Crippen molar-refractivity contribution in [3.63, 3.8) is 0 Å². The van der Waals surface area contributed by atoms with Gasteiger partial charge in [-0.25, -0.2) is 0 Å². The Morgan fingerprint density at radius 3 is 2.75 bits per heavy atom. The van der Waals surface area contributed by atoms with Gasteiger partial charge in [0.15, 0.2) is 0 Å². The molecule has 1 rings (SSSR count). The Morgan fingerprint density at radius 1 is 1.67 bits per heavy atom. The van der Waals surface area contributed by atoms with Gasteiger partial charge in [-0.2, -0.15) is 0 Å². The van der Waals surface area contributed by atoms with Crippen molar-refractivity contribution in [1.82, 2.24) is 0 Å². The predicted molar refractivity (Wildman–Crippen MR) is 47.7 cm³/mol. The van der Waals surface area contributed by atoms with E-state index >= 15 is 0 Å². The predicted octanol–water partition coefficient (Wildman–Crippen LogP) is 2.21. The molecule has 1 aliphatic rings. The quantitative estimate of drug-likeness (QED) is 0.588. The Labute approximate surface area is 72.9 Å². The Morgan fingerprint density at radius 2 is 2.33 bits per heavy atom. The van der Waals surface area contributed by atoms with Crippen LogP contribution in [0.2, 0.25) is 0 Å². The number of esters is 1. The standard InChI is InChI=1S/C10H14O2/c1-7(2)9-4-5-10(6-9)12-8(3)11/h6,10H,1,4-5H2,2-3H3. The molecule has 2 heteroatoms. The summed E-state index contributed by atoms with van der Waals surface area (Å²) in [6.07, 6.45) is 3.85. The van der Waals surface area contributed by atoms with Crippen LogP contribution in [0, 0.1) is 0 Å². The molecule has 2 nitrogen and oxygen atoms in total. The summed E-state index contributed by atoms with van der Waals surface area (Å²) in [5.41, 5.74) is 2.30. The molecule has 0 saturated heterocycles. The van der Waals surface area contributed by atoms with Crippen molar-refractivity contribution in [3.8, 4) is 0 Å². The molecule has 0 N–H and O–H groups in total. The summed E-state index contributed by atoms with van der Waals surface area (Å²) in [5, 5.41) is 0. The van der Waals surface area contributed by atoms with E-state index in [1.54, 1.807) is 0 Å². The molecule has 0 aromatic carbocycles. The molecule has 12 heavy (non-hydrogen) atoms. The monoisotopic (exact) mass is 166 g/mol. The van der Waals surface area contributed by atoms with Crippen LogP contribution in [0.5, 0.6) is 0 Å². The highest BCUT2D eigenvalue weighted by Crippen LogP contribution is 2.25. The topological polar surface area (TPSA) is 26.3 Å². The van der Waals surface area contributed by atoms with Gasteiger partial charge in [0, 0.05) is 6.92 Å². The van der Waals surface area contributed by atoms with Gasteiger partial charge in [0.1, 0.15) is 6.10 Å². The molecule has 0 radical (unpaired) electrons. The third-order valence-corrected chi connectivity index (χ3v) is 1.95. The van der Waals surface area contributed by atoms with E-state index in [-0.39, 0.29) is 12.1 Å². The van der Waals surface area contributed by atoms with Gasteiger partial charge >= 0.3 is 5.97 Å². The van der Waals surface area contributed by atoms with Gasteiger partial charge in [-0.3, -0.25) is 4.79 Å². The second-order valence-electron chi connectivity index (χ2n) is 3.16. The first-order chi connectivity index (χ1) is 5.59. The van der Waals surface area contributed by atoms with Crippen molar-refractivity contribution in [2.24, 2.45) is 0 Å². The van der Waals surface area contributed by atoms with Gasteiger partial charge in [-0.1, -0.05) is 12.2 Å². The number of hydrogen-bond donors (Lipinski definition) is 0. The summed E-state index contributed by atoms with van der Waals surface area (Å²) in [7, 11) is 0. The summed E-state index contributed by atoms with van der Waals surface area (Å²) in [5.74, 6) is -0.209. The fourth-order valence-corrected chi connectivity index (χ4v) is 1.35. The van der Waals surface area contributed by atoms with Crippen LogP contribution in [-0.2, 0) is 9.53 Å². The van der Waals surface area contributed by atoms with Gasteiger partial charge < -0.3 is 4.74 Å². The van der Waals surface area contributed by atoms with Crippen LogP contribution in [0.1, 0.15) is 26.7 Å². The van der Waals surface area contributed by atoms with Gasteiger partial charge in [0.2, 0.25) is 0 Å². The maximum Gasteiger partial charge on any atom is 0.303 e. The lowest BCUT2D eigenvalue weighted by atomic mass is 10.1. The molecule has 0 aliphatic heterocycles. The fourth-order valence-electron chi connectivity index (χ4n) is 1.35. The minimum atomic E-state index is -0.209. The molecule has 0 aromatic rings. The summed E-state index contributed by atoms with van der Waals surface area (Å²) in [6, 6.07) is 0. The molecule has 66 valence electrons. The van der Waals surface area contributed by atoms with E-state index in [1.807, 2.05) is 13.0 Å². The molecule has 0 aromatic heterocycles. The lowest BCUT2D eigenvalue weighted by Crippen LogP contribution is -2.10. The Hall–Kier alpha value is -1.05. The van der Waals surface area contributed by atoms with Crippen molar-refractivity contribution in [2.75, 3.05) is 0 Å². The second-order valence-corrected chi connectivity index (χ2v) is 3.16. The Balaban J connectivity index is 2.53. The van der Waals surface area contributed by atoms with Crippen molar-refractivity contribution in [3.05, 3.63) is 23.8 Å². The molecule has 0 spiro atoms. The zero-order valence-corrected chi connectivity index (χ0v) is 7.59. The smallest absolute Gasteiger partial charge is 0.303 e. The van der Waals surface area contributed by atoms with Crippen molar-refractivity contribution in [2.45, 2.75) is 32.8 Å². The maximum atomic E-state index is 10.6. The molecule has 0 saturated carbocycles. The third-order valence-electron chi connectivity index (χ3n) is 1.95. The first-order valence-corrected chi connectivity index (χ1v) is 4.13. The van der Waals surface area contributed by atoms with Crippen molar-refractivity contribution in [1.29, 1.82) is 0 Å². The van der Waals surface area contributed by atoms with E-state index in [2.05, 4.69) is 6.58 Å². The zero-order valence-electron chi connectivity index (χ0n) is 7.59. The number of carbonyl (C=O) groups excluding carboxylic acids is 1. The highest BCUT2D eigenvalue weighted by Gasteiger charge is 2.17. The van der Waals surface area contributed by atoms with Crippen LogP contribution < -0.4 is 0 Å². The largest absolute Gasteiger partial charge is 0.458 e. The molecule has 0 fully saturated rings. The highest BCUT2D eigenvalue weighted by molar-refractivity contribution is 5.66. The summed E-state index contributed by atoms with van der Waals surface area (Å²) >= 11 is 0. The molecule has 0 bridgehead atoms. The van der Waals surface area contributed by atoms with E-state index in [9.17, 15) is 4.79 Å². The number of hydrogen-bond acceptors (Lipinski definition) is 2. The highest BCUT2D eigenvalue weighted by atomic mass is 16.5. The van der Waals surface area contributed by atoms with E-state index < -0.39 is 0 Å².